The van der Waals surface area contributed by atoms with E-state index in [0.29, 0.717) is 10.9 Å². The highest BCUT2D eigenvalue weighted by molar-refractivity contribution is 9.10. The van der Waals surface area contributed by atoms with Crippen molar-refractivity contribution in [2.24, 2.45) is 0 Å². The molecule has 0 saturated heterocycles. The van der Waals surface area contributed by atoms with Crippen molar-refractivity contribution < 1.29 is 13.2 Å². The first kappa shape index (κ1) is 19.7. The molecule has 1 heterocycles. The summed E-state index contributed by atoms with van der Waals surface area (Å²) in [5.41, 5.74) is 0.215. The molecule has 9 heteroatoms. The highest BCUT2D eigenvalue weighted by atomic mass is 79.9. The molecule has 27 heavy (non-hydrogen) atoms. The van der Waals surface area contributed by atoms with Gasteiger partial charge in [-0.25, -0.2) is 13.4 Å². The number of hydrogen-bond donors (Lipinski definition) is 1. The van der Waals surface area contributed by atoms with E-state index in [9.17, 15) is 13.2 Å². The van der Waals surface area contributed by atoms with Gasteiger partial charge in [0.05, 0.1) is 29.0 Å². The lowest BCUT2D eigenvalue weighted by Gasteiger charge is -2.21. The SMILES string of the molecule is COCCN(Cc1nc2ccccc2c(=O)[nH]1)S(=O)(=O)c1ccc(Br)cc1. The van der Waals surface area contributed by atoms with Crippen LogP contribution in [0.25, 0.3) is 10.9 Å². The Hall–Kier alpha value is -2.07. The van der Waals surface area contributed by atoms with Gasteiger partial charge < -0.3 is 9.72 Å². The summed E-state index contributed by atoms with van der Waals surface area (Å²) in [6, 6.07) is 13.3. The van der Waals surface area contributed by atoms with Crippen molar-refractivity contribution in [1.29, 1.82) is 0 Å². The summed E-state index contributed by atoms with van der Waals surface area (Å²) in [5, 5.41) is 0.459. The fourth-order valence-electron chi connectivity index (χ4n) is 2.61. The molecule has 0 aliphatic heterocycles. The van der Waals surface area contributed by atoms with Gasteiger partial charge in [-0.15, -0.1) is 0 Å². The number of aromatic nitrogens is 2. The van der Waals surface area contributed by atoms with Crippen LogP contribution in [0.15, 0.2) is 62.7 Å². The molecule has 2 aromatic carbocycles. The molecule has 0 radical (unpaired) electrons. The van der Waals surface area contributed by atoms with Gasteiger partial charge in [0.25, 0.3) is 5.56 Å². The maximum absolute atomic E-state index is 13.0. The van der Waals surface area contributed by atoms with Crippen molar-refractivity contribution in [2.75, 3.05) is 20.3 Å². The van der Waals surface area contributed by atoms with Crippen molar-refractivity contribution >= 4 is 36.9 Å². The predicted molar refractivity (Wildman–Crippen MR) is 106 cm³/mol. The van der Waals surface area contributed by atoms with Crippen molar-refractivity contribution in [3.63, 3.8) is 0 Å². The Bertz CT molecular complexity index is 1100. The van der Waals surface area contributed by atoms with Gasteiger partial charge >= 0.3 is 0 Å². The number of para-hydroxylation sites is 1. The average Bonchev–Trinajstić information content (AvgIpc) is 2.65. The fraction of sp³-hybridized carbons (Fsp3) is 0.222. The first-order chi connectivity index (χ1) is 12.9. The number of hydrogen-bond acceptors (Lipinski definition) is 5. The molecule has 0 saturated carbocycles. The van der Waals surface area contributed by atoms with Gasteiger partial charge in [0.2, 0.25) is 10.0 Å². The van der Waals surface area contributed by atoms with Gasteiger partial charge in [0.15, 0.2) is 0 Å². The molecule has 1 N–H and O–H groups in total. The Kier molecular flexibility index (Phi) is 6.05. The zero-order chi connectivity index (χ0) is 19.4. The first-order valence-electron chi connectivity index (χ1n) is 8.14. The lowest BCUT2D eigenvalue weighted by atomic mass is 10.2. The Morgan fingerprint density at radius 1 is 1.15 bits per heavy atom. The number of benzene rings is 2. The van der Waals surface area contributed by atoms with Gasteiger partial charge in [-0.05, 0) is 36.4 Å². The van der Waals surface area contributed by atoms with E-state index in [1.54, 1.807) is 36.4 Å². The zero-order valence-corrected chi connectivity index (χ0v) is 17.0. The highest BCUT2D eigenvalue weighted by Gasteiger charge is 2.25. The molecule has 3 rings (SSSR count). The summed E-state index contributed by atoms with van der Waals surface area (Å²) in [6.07, 6.45) is 0. The van der Waals surface area contributed by atoms with E-state index < -0.39 is 10.0 Å². The van der Waals surface area contributed by atoms with E-state index in [-0.39, 0.29) is 36.0 Å². The summed E-state index contributed by atoms with van der Waals surface area (Å²) in [6.45, 7) is 0.279. The number of nitrogens with zero attached hydrogens (tertiary/aromatic N) is 2. The second-order valence-corrected chi connectivity index (χ2v) is 8.67. The molecule has 1 aromatic heterocycles. The number of ether oxygens (including phenoxy) is 1. The molecule has 3 aromatic rings. The molecule has 0 aliphatic carbocycles. The normalized spacial score (nSPS) is 12.0. The van der Waals surface area contributed by atoms with E-state index in [1.165, 1.54) is 23.5 Å². The minimum absolute atomic E-state index is 0.0676. The summed E-state index contributed by atoms with van der Waals surface area (Å²) in [5.74, 6) is 0.274. The van der Waals surface area contributed by atoms with Crippen LogP contribution in [0.5, 0.6) is 0 Å². The molecule has 0 spiro atoms. The third-order valence-corrected chi connectivity index (χ3v) is 6.37. The number of aromatic amines is 1. The van der Waals surface area contributed by atoms with Gasteiger partial charge in [-0.2, -0.15) is 4.31 Å². The topological polar surface area (TPSA) is 92.4 Å². The Morgan fingerprint density at radius 3 is 2.56 bits per heavy atom. The molecule has 0 atom stereocenters. The van der Waals surface area contributed by atoms with Crippen LogP contribution in [0, 0.1) is 0 Å². The minimum Gasteiger partial charge on any atom is -0.383 e. The summed E-state index contributed by atoms with van der Waals surface area (Å²) in [7, 11) is -2.28. The number of sulfonamides is 1. The van der Waals surface area contributed by atoms with Crippen molar-refractivity contribution in [2.45, 2.75) is 11.4 Å². The largest absolute Gasteiger partial charge is 0.383 e. The van der Waals surface area contributed by atoms with Crippen LogP contribution in [0.2, 0.25) is 0 Å². The standard InChI is InChI=1S/C18H18BrN3O4S/c1-26-11-10-22(27(24,25)14-8-6-13(19)7-9-14)12-17-20-16-5-3-2-4-15(16)18(23)21-17/h2-9H,10-12H2,1H3,(H,20,21,23). The first-order valence-corrected chi connectivity index (χ1v) is 10.4. The van der Waals surface area contributed by atoms with Crippen molar-refractivity contribution in [3.8, 4) is 0 Å². The number of nitrogens with one attached hydrogen (secondary N) is 1. The molecule has 0 fully saturated rings. The zero-order valence-electron chi connectivity index (χ0n) is 14.6. The van der Waals surface area contributed by atoms with E-state index >= 15 is 0 Å². The fourth-order valence-corrected chi connectivity index (χ4v) is 4.26. The van der Waals surface area contributed by atoms with Crippen LogP contribution in [0.3, 0.4) is 0 Å². The molecular weight excluding hydrogens is 434 g/mol. The lowest BCUT2D eigenvalue weighted by Crippen LogP contribution is -2.34. The summed E-state index contributed by atoms with van der Waals surface area (Å²) < 4.78 is 33.1. The van der Waals surface area contributed by atoms with Crippen LogP contribution in [0.1, 0.15) is 5.82 Å². The maximum atomic E-state index is 13.0. The van der Waals surface area contributed by atoms with Crippen LogP contribution >= 0.6 is 15.9 Å². The number of methoxy groups -OCH3 is 1. The predicted octanol–water partition coefficient (Wildman–Crippen LogP) is 2.52. The number of fused-ring (bicyclic) bond motifs is 1. The highest BCUT2D eigenvalue weighted by Crippen LogP contribution is 2.20. The lowest BCUT2D eigenvalue weighted by molar-refractivity contribution is 0.176. The van der Waals surface area contributed by atoms with Gasteiger partial charge in [-0.3, -0.25) is 4.79 Å². The van der Waals surface area contributed by atoms with Crippen LogP contribution in [-0.2, 0) is 21.3 Å². The second-order valence-electron chi connectivity index (χ2n) is 5.82. The second kappa shape index (κ2) is 8.30. The molecular formula is C18H18BrN3O4S. The van der Waals surface area contributed by atoms with Gasteiger partial charge in [0.1, 0.15) is 5.82 Å². The quantitative estimate of drug-likeness (QED) is 0.595. The summed E-state index contributed by atoms with van der Waals surface area (Å²) in [4.78, 5) is 19.5. The van der Waals surface area contributed by atoms with Crippen molar-refractivity contribution in [1.82, 2.24) is 14.3 Å². The molecule has 0 unspecified atom stereocenters. The molecule has 0 aliphatic rings. The van der Waals surface area contributed by atoms with E-state index in [0.717, 1.165) is 4.47 Å². The van der Waals surface area contributed by atoms with Crippen LogP contribution in [0.4, 0.5) is 0 Å². The third kappa shape index (κ3) is 4.44. The Labute approximate surface area is 165 Å². The summed E-state index contributed by atoms with van der Waals surface area (Å²) >= 11 is 3.30. The maximum Gasteiger partial charge on any atom is 0.258 e. The Morgan fingerprint density at radius 2 is 1.85 bits per heavy atom. The molecule has 7 nitrogen and oxygen atoms in total. The molecule has 0 bridgehead atoms. The third-order valence-electron chi connectivity index (χ3n) is 3.98. The van der Waals surface area contributed by atoms with Gasteiger partial charge in [0, 0.05) is 18.1 Å². The smallest absolute Gasteiger partial charge is 0.258 e. The monoisotopic (exact) mass is 451 g/mol. The van der Waals surface area contributed by atoms with E-state index in [4.69, 9.17) is 4.74 Å². The minimum atomic E-state index is -3.78. The number of rotatable bonds is 7. The van der Waals surface area contributed by atoms with Crippen LogP contribution in [-0.4, -0.2) is 43.0 Å². The average molecular weight is 452 g/mol. The van der Waals surface area contributed by atoms with E-state index in [1.807, 2.05) is 0 Å². The number of halogens is 1. The Balaban J connectivity index is 1.98. The van der Waals surface area contributed by atoms with Crippen molar-refractivity contribution in [3.05, 3.63) is 69.2 Å². The molecule has 0 amide bonds. The number of H-pyrrole nitrogens is 1. The van der Waals surface area contributed by atoms with E-state index in [2.05, 4.69) is 25.9 Å². The van der Waals surface area contributed by atoms with Crippen LogP contribution < -0.4 is 5.56 Å². The molecule has 142 valence electrons. The van der Waals surface area contributed by atoms with Gasteiger partial charge in [-0.1, -0.05) is 28.1 Å².